The third-order valence-electron chi connectivity index (χ3n) is 3.13. The number of thiophene rings is 2. The number of hydrogen-bond donors (Lipinski definition) is 2. The largest absolute Gasteiger partial charge is 0.478 e. The predicted octanol–water partition coefficient (Wildman–Crippen LogP) is 5.08. The summed E-state index contributed by atoms with van der Waals surface area (Å²) in [4.78, 5) is 24.3. The molecule has 0 saturated carbocycles. The van der Waals surface area contributed by atoms with Gasteiger partial charge < -0.3 is 10.4 Å². The number of hydrogen-bond acceptors (Lipinski definition) is 4. The van der Waals surface area contributed by atoms with E-state index in [1.54, 1.807) is 47.2 Å². The van der Waals surface area contributed by atoms with Gasteiger partial charge in [-0.15, -0.1) is 22.7 Å². The van der Waals surface area contributed by atoms with Crippen LogP contribution in [0.25, 0.3) is 11.1 Å². The molecule has 3 rings (SSSR count). The lowest BCUT2D eigenvalue weighted by molar-refractivity contribution is 0.0699. The fourth-order valence-electron chi connectivity index (χ4n) is 2.08. The molecule has 0 spiro atoms. The van der Waals surface area contributed by atoms with Gasteiger partial charge in [-0.1, -0.05) is 29.8 Å². The number of anilines is 1. The van der Waals surface area contributed by atoms with Crippen LogP contribution in [0.5, 0.6) is 0 Å². The van der Waals surface area contributed by atoms with Crippen molar-refractivity contribution in [2.24, 2.45) is 0 Å². The van der Waals surface area contributed by atoms with Gasteiger partial charge in [0.05, 0.1) is 4.88 Å². The van der Waals surface area contributed by atoms with Crippen molar-refractivity contribution in [3.63, 3.8) is 0 Å². The Kier molecular flexibility index (Phi) is 4.47. The molecule has 0 saturated heterocycles. The SMILES string of the molecule is O=C(Nc1scc(-c2ccc(Cl)cc2)c1C(=O)O)c1cccs1. The Morgan fingerprint density at radius 2 is 1.83 bits per heavy atom. The van der Waals surface area contributed by atoms with Gasteiger partial charge in [0.15, 0.2) is 0 Å². The van der Waals surface area contributed by atoms with E-state index in [2.05, 4.69) is 5.32 Å². The summed E-state index contributed by atoms with van der Waals surface area (Å²) in [5.74, 6) is -1.40. The molecule has 23 heavy (non-hydrogen) atoms. The number of rotatable bonds is 4. The van der Waals surface area contributed by atoms with Crippen LogP contribution in [-0.2, 0) is 0 Å². The first-order chi connectivity index (χ1) is 11.1. The highest BCUT2D eigenvalue weighted by atomic mass is 35.5. The number of benzene rings is 1. The van der Waals surface area contributed by atoms with Crippen LogP contribution in [0.4, 0.5) is 5.00 Å². The van der Waals surface area contributed by atoms with Crippen LogP contribution in [0, 0.1) is 0 Å². The number of amides is 1. The maximum Gasteiger partial charge on any atom is 0.339 e. The molecule has 2 heterocycles. The van der Waals surface area contributed by atoms with Gasteiger partial charge in [-0.25, -0.2) is 4.79 Å². The Morgan fingerprint density at radius 3 is 2.43 bits per heavy atom. The van der Waals surface area contributed by atoms with Gasteiger partial charge in [0.2, 0.25) is 0 Å². The van der Waals surface area contributed by atoms with E-state index < -0.39 is 5.97 Å². The first-order valence-electron chi connectivity index (χ1n) is 6.52. The third-order valence-corrected chi connectivity index (χ3v) is 5.15. The predicted molar refractivity (Wildman–Crippen MR) is 94.0 cm³/mol. The minimum Gasteiger partial charge on any atom is -0.478 e. The van der Waals surface area contributed by atoms with E-state index in [-0.39, 0.29) is 11.5 Å². The van der Waals surface area contributed by atoms with Gasteiger partial charge >= 0.3 is 5.97 Å². The number of halogens is 1. The zero-order chi connectivity index (χ0) is 16.4. The normalized spacial score (nSPS) is 10.5. The first kappa shape index (κ1) is 15.7. The number of carbonyl (C=O) groups excluding carboxylic acids is 1. The molecule has 1 aromatic carbocycles. The van der Waals surface area contributed by atoms with Crippen molar-refractivity contribution in [1.82, 2.24) is 0 Å². The van der Waals surface area contributed by atoms with Crippen LogP contribution in [0.1, 0.15) is 20.0 Å². The minimum atomic E-state index is -1.09. The van der Waals surface area contributed by atoms with Crippen molar-refractivity contribution in [3.05, 3.63) is 62.6 Å². The fraction of sp³-hybridized carbons (Fsp3) is 0. The summed E-state index contributed by atoms with van der Waals surface area (Å²) < 4.78 is 0. The van der Waals surface area contributed by atoms with E-state index in [1.165, 1.54) is 22.7 Å². The maximum absolute atomic E-state index is 12.1. The van der Waals surface area contributed by atoms with Crippen LogP contribution < -0.4 is 5.32 Å². The van der Waals surface area contributed by atoms with Gasteiger partial charge in [-0.3, -0.25) is 4.79 Å². The average molecular weight is 364 g/mol. The Hall–Kier alpha value is -2.15. The van der Waals surface area contributed by atoms with Crippen molar-refractivity contribution in [2.75, 3.05) is 5.32 Å². The summed E-state index contributed by atoms with van der Waals surface area (Å²) >= 11 is 8.35. The lowest BCUT2D eigenvalue weighted by atomic mass is 10.0. The second kappa shape index (κ2) is 6.54. The van der Waals surface area contributed by atoms with Crippen LogP contribution in [-0.4, -0.2) is 17.0 Å². The van der Waals surface area contributed by atoms with Crippen LogP contribution in [0.3, 0.4) is 0 Å². The molecule has 2 N–H and O–H groups in total. The van der Waals surface area contributed by atoms with Crippen molar-refractivity contribution in [3.8, 4) is 11.1 Å². The summed E-state index contributed by atoms with van der Waals surface area (Å²) in [7, 11) is 0. The Morgan fingerprint density at radius 1 is 1.09 bits per heavy atom. The van der Waals surface area contributed by atoms with Crippen molar-refractivity contribution in [2.45, 2.75) is 0 Å². The maximum atomic E-state index is 12.1. The van der Waals surface area contributed by atoms with Crippen molar-refractivity contribution in [1.29, 1.82) is 0 Å². The molecular weight excluding hydrogens is 354 g/mol. The minimum absolute atomic E-state index is 0.0854. The van der Waals surface area contributed by atoms with Crippen LogP contribution in [0.15, 0.2) is 47.2 Å². The molecule has 0 aliphatic rings. The molecule has 2 aromatic heterocycles. The first-order valence-corrected chi connectivity index (χ1v) is 8.65. The molecule has 0 fully saturated rings. The smallest absolute Gasteiger partial charge is 0.339 e. The Balaban J connectivity index is 1.97. The van der Waals surface area contributed by atoms with Gasteiger partial charge in [0.1, 0.15) is 10.6 Å². The Labute approximate surface area is 145 Å². The molecule has 0 aliphatic heterocycles. The molecule has 0 unspecified atom stereocenters. The topological polar surface area (TPSA) is 66.4 Å². The summed E-state index contributed by atoms with van der Waals surface area (Å²) in [5.41, 5.74) is 1.38. The standard InChI is InChI=1S/C16H10ClNO3S2/c17-10-5-3-9(4-6-10)11-8-23-15(13(11)16(20)21)18-14(19)12-2-1-7-22-12/h1-8H,(H,18,19)(H,20,21). The van der Waals surface area contributed by atoms with E-state index in [1.807, 2.05) is 0 Å². The summed E-state index contributed by atoms with van der Waals surface area (Å²) in [6.07, 6.45) is 0. The van der Waals surface area contributed by atoms with Crippen LogP contribution in [0.2, 0.25) is 5.02 Å². The molecule has 0 atom stereocenters. The van der Waals surface area contributed by atoms with Crippen LogP contribution >= 0.6 is 34.3 Å². The summed E-state index contributed by atoms with van der Waals surface area (Å²) in [5, 5.41) is 16.6. The van der Waals surface area contributed by atoms with E-state index in [0.717, 1.165) is 5.56 Å². The molecule has 3 aromatic rings. The zero-order valence-electron chi connectivity index (χ0n) is 11.6. The summed E-state index contributed by atoms with van der Waals surface area (Å²) in [6, 6.07) is 10.4. The quantitative estimate of drug-likeness (QED) is 0.679. The highest BCUT2D eigenvalue weighted by molar-refractivity contribution is 7.15. The number of carbonyl (C=O) groups is 2. The van der Waals surface area contributed by atoms with E-state index >= 15 is 0 Å². The van der Waals surface area contributed by atoms with Gasteiger partial charge in [0.25, 0.3) is 5.91 Å². The van der Waals surface area contributed by atoms with E-state index in [0.29, 0.717) is 20.5 Å². The fourth-order valence-corrected chi connectivity index (χ4v) is 3.78. The highest BCUT2D eigenvalue weighted by Gasteiger charge is 2.21. The molecule has 0 bridgehead atoms. The highest BCUT2D eigenvalue weighted by Crippen LogP contribution is 2.36. The van der Waals surface area contributed by atoms with Gasteiger partial charge in [0, 0.05) is 16.0 Å². The molecule has 1 amide bonds. The Bertz CT molecular complexity index is 854. The molecule has 0 radical (unpaired) electrons. The van der Waals surface area contributed by atoms with Gasteiger partial charge in [-0.2, -0.15) is 0 Å². The number of nitrogens with one attached hydrogen (secondary N) is 1. The number of carboxylic acids is 1. The van der Waals surface area contributed by atoms with E-state index in [4.69, 9.17) is 11.6 Å². The number of aromatic carboxylic acids is 1. The molecule has 0 aliphatic carbocycles. The molecule has 116 valence electrons. The third kappa shape index (κ3) is 3.29. The van der Waals surface area contributed by atoms with E-state index in [9.17, 15) is 14.7 Å². The lowest BCUT2D eigenvalue weighted by Gasteiger charge is -2.05. The van der Waals surface area contributed by atoms with Gasteiger partial charge in [-0.05, 0) is 29.1 Å². The number of carboxylic acid groups (broad SMARTS) is 1. The lowest BCUT2D eigenvalue weighted by Crippen LogP contribution is -2.12. The average Bonchev–Trinajstić information content (AvgIpc) is 3.17. The second-order valence-electron chi connectivity index (χ2n) is 4.60. The van der Waals surface area contributed by atoms with Crippen molar-refractivity contribution < 1.29 is 14.7 Å². The summed E-state index contributed by atoms with van der Waals surface area (Å²) in [6.45, 7) is 0. The molecular formula is C16H10ClNO3S2. The second-order valence-corrected chi connectivity index (χ2v) is 6.86. The molecule has 4 nitrogen and oxygen atoms in total. The molecule has 7 heteroatoms. The van der Waals surface area contributed by atoms with Crippen molar-refractivity contribution >= 4 is 51.2 Å². The zero-order valence-corrected chi connectivity index (χ0v) is 14.0. The monoisotopic (exact) mass is 363 g/mol.